The van der Waals surface area contributed by atoms with Crippen LogP contribution in [-0.2, 0) is 13.0 Å². The zero-order chi connectivity index (χ0) is 14.2. The number of nitrogens with one attached hydrogen (secondary N) is 1. The van der Waals surface area contributed by atoms with Crippen molar-refractivity contribution in [3.05, 3.63) is 35.6 Å². The molecule has 2 heteroatoms. The Morgan fingerprint density at radius 2 is 2.10 bits per heavy atom. The Balaban J connectivity index is 1.77. The number of rotatable bonds is 4. The SMILES string of the molecule is CCc1oc2ccccc2c1CNC1CCC(C)(C)C1. The highest BCUT2D eigenvalue weighted by Crippen LogP contribution is 2.37. The normalized spacial score (nSPS) is 21.6. The van der Waals surface area contributed by atoms with Crippen molar-refractivity contribution < 1.29 is 4.42 Å². The molecular weight excluding hydrogens is 246 g/mol. The van der Waals surface area contributed by atoms with Gasteiger partial charge in [0.1, 0.15) is 11.3 Å². The first kappa shape index (κ1) is 13.7. The minimum absolute atomic E-state index is 0.504. The Labute approximate surface area is 121 Å². The van der Waals surface area contributed by atoms with Gasteiger partial charge in [0.05, 0.1) is 0 Å². The number of fused-ring (bicyclic) bond motifs is 1. The fraction of sp³-hybridized carbons (Fsp3) is 0.556. The van der Waals surface area contributed by atoms with Gasteiger partial charge in [0.25, 0.3) is 0 Å². The number of hydrogen-bond donors (Lipinski definition) is 1. The van der Waals surface area contributed by atoms with E-state index in [4.69, 9.17) is 4.42 Å². The molecule has 1 saturated carbocycles. The molecule has 20 heavy (non-hydrogen) atoms. The Morgan fingerprint density at radius 1 is 1.30 bits per heavy atom. The van der Waals surface area contributed by atoms with E-state index < -0.39 is 0 Å². The Bertz CT molecular complexity index is 596. The average Bonchev–Trinajstić information content (AvgIpc) is 2.96. The summed E-state index contributed by atoms with van der Waals surface area (Å²) in [6, 6.07) is 9.04. The molecule has 0 spiro atoms. The van der Waals surface area contributed by atoms with Crippen molar-refractivity contribution in [2.24, 2.45) is 5.41 Å². The molecule has 1 aliphatic rings. The van der Waals surface area contributed by atoms with E-state index in [0.717, 1.165) is 24.3 Å². The standard InChI is InChI=1S/C18H25NO/c1-4-16-15(14-7-5-6-8-17(14)20-16)12-19-13-9-10-18(2,3)11-13/h5-8,13,19H,4,9-12H2,1-3H3. The van der Waals surface area contributed by atoms with E-state index in [0.29, 0.717) is 11.5 Å². The van der Waals surface area contributed by atoms with Crippen molar-refractivity contribution in [1.29, 1.82) is 0 Å². The van der Waals surface area contributed by atoms with Gasteiger partial charge in [0.2, 0.25) is 0 Å². The third-order valence-corrected chi connectivity index (χ3v) is 4.64. The molecule has 2 nitrogen and oxygen atoms in total. The van der Waals surface area contributed by atoms with E-state index in [9.17, 15) is 0 Å². The molecule has 0 saturated heterocycles. The van der Waals surface area contributed by atoms with Gasteiger partial charge in [0.15, 0.2) is 0 Å². The molecule has 1 unspecified atom stereocenters. The lowest BCUT2D eigenvalue weighted by atomic mass is 9.92. The van der Waals surface area contributed by atoms with Crippen LogP contribution >= 0.6 is 0 Å². The largest absolute Gasteiger partial charge is 0.461 e. The summed E-state index contributed by atoms with van der Waals surface area (Å²) in [4.78, 5) is 0. The fourth-order valence-electron chi connectivity index (χ4n) is 3.49. The van der Waals surface area contributed by atoms with Crippen molar-refractivity contribution in [3.63, 3.8) is 0 Å². The fourth-order valence-corrected chi connectivity index (χ4v) is 3.49. The first-order chi connectivity index (χ1) is 9.59. The number of hydrogen-bond acceptors (Lipinski definition) is 2. The minimum atomic E-state index is 0.504. The van der Waals surface area contributed by atoms with Crippen LogP contribution in [-0.4, -0.2) is 6.04 Å². The summed E-state index contributed by atoms with van der Waals surface area (Å²) in [6.45, 7) is 7.85. The molecule has 2 aromatic rings. The molecule has 1 heterocycles. The first-order valence-corrected chi connectivity index (χ1v) is 7.82. The predicted octanol–water partition coefficient (Wildman–Crippen LogP) is 4.66. The second-order valence-corrected chi connectivity index (χ2v) is 6.84. The molecule has 3 rings (SSSR count). The van der Waals surface area contributed by atoms with Crippen LogP contribution in [0.4, 0.5) is 0 Å². The molecule has 0 bridgehead atoms. The van der Waals surface area contributed by atoms with Crippen LogP contribution in [0.2, 0.25) is 0 Å². The van der Waals surface area contributed by atoms with Gasteiger partial charge < -0.3 is 9.73 Å². The van der Waals surface area contributed by atoms with Crippen LogP contribution < -0.4 is 5.32 Å². The summed E-state index contributed by atoms with van der Waals surface area (Å²) in [5.41, 5.74) is 2.88. The van der Waals surface area contributed by atoms with E-state index in [1.807, 2.05) is 6.07 Å². The molecule has 0 radical (unpaired) electrons. The zero-order valence-electron chi connectivity index (χ0n) is 12.8. The number of aryl methyl sites for hydroxylation is 1. The van der Waals surface area contributed by atoms with Crippen LogP contribution in [0.25, 0.3) is 11.0 Å². The topological polar surface area (TPSA) is 25.2 Å². The van der Waals surface area contributed by atoms with E-state index in [1.165, 1.54) is 30.2 Å². The molecule has 0 amide bonds. The summed E-state index contributed by atoms with van der Waals surface area (Å²) in [5, 5.41) is 5.02. The summed E-state index contributed by atoms with van der Waals surface area (Å²) in [5.74, 6) is 1.14. The highest BCUT2D eigenvalue weighted by Gasteiger charge is 2.30. The predicted molar refractivity (Wildman–Crippen MR) is 83.9 cm³/mol. The number of para-hydroxylation sites is 1. The van der Waals surface area contributed by atoms with Gasteiger partial charge >= 0.3 is 0 Å². The Hall–Kier alpha value is -1.28. The molecule has 108 valence electrons. The van der Waals surface area contributed by atoms with Crippen molar-refractivity contribution >= 4 is 11.0 Å². The monoisotopic (exact) mass is 271 g/mol. The summed E-state index contributed by atoms with van der Waals surface area (Å²) in [7, 11) is 0. The number of furan rings is 1. The molecule has 1 atom stereocenters. The van der Waals surface area contributed by atoms with E-state index in [2.05, 4.69) is 44.3 Å². The molecule has 0 aliphatic heterocycles. The van der Waals surface area contributed by atoms with Crippen LogP contribution in [0.1, 0.15) is 51.4 Å². The van der Waals surface area contributed by atoms with E-state index in [-0.39, 0.29) is 0 Å². The summed E-state index contributed by atoms with van der Waals surface area (Å²) < 4.78 is 5.96. The lowest BCUT2D eigenvalue weighted by Gasteiger charge is -2.18. The van der Waals surface area contributed by atoms with Crippen molar-refractivity contribution in [1.82, 2.24) is 5.32 Å². The molecule has 1 aromatic heterocycles. The van der Waals surface area contributed by atoms with Gasteiger partial charge in [0, 0.05) is 30.0 Å². The Morgan fingerprint density at radius 3 is 2.80 bits per heavy atom. The van der Waals surface area contributed by atoms with Crippen LogP contribution in [0.15, 0.2) is 28.7 Å². The maximum atomic E-state index is 5.96. The van der Waals surface area contributed by atoms with Gasteiger partial charge in [-0.1, -0.05) is 39.0 Å². The van der Waals surface area contributed by atoms with Crippen LogP contribution in [0.5, 0.6) is 0 Å². The maximum absolute atomic E-state index is 5.96. The van der Waals surface area contributed by atoms with E-state index in [1.54, 1.807) is 0 Å². The highest BCUT2D eigenvalue weighted by molar-refractivity contribution is 5.82. The van der Waals surface area contributed by atoms with Crippen LogP contribution in [0.3, 0.4) is 0 Å². The van der Waals surface area contributed by atoms with Crippen molar-refractivity contribution in [2.75, 3.05) is 0 Å². The van der Waals surface area contributed by atoms with Gasteiger partial charge in [-0.15, -0.1) is 0 Å². The van der Waals surface area contributed by atoms with Gasteiger partial charge in [-0.05, 0) is 30.7 Å². The van der Waals surface area contributed by atoms with Gasteiger partial charge in [-0.3, -0.25) is 0 Å². The summed E-state index contributed by atoms with van der Waals surface area (Å²) in [6.07, 6.45) is 4.87. The van der Waals surface area contributed by atoms with Gasteiger partial charge in [-0.2, -0.15) is 0 Å². The van der Waals surface area contributed by atoms with Crippen LogP contribution in [0, 0.1) is 5.41 Å². The molecule has 1 fully saturated rings. The molecule has 1 N–H and O–H groups in total. The lowest BCUT2D eigenvalue weighted by molar-refractivity contribution is 0.364. The van der Waals surface area contributed by atoms with E-state index >= 15 is 0 Å². The second-order valence-electron chi connectivity index (χ2n) is 6.84. The lowest BCUT2D eigenvalue weighted by Crippen LogP contribution is -2.27. The first-order valence-electron chi connectivity index (χ1n) is 7.82. The quantitative estimate of drug-likeness (QED) is 0.874. The smallest absolute Gasteiger partial charge is 0.134 e. The van der Waals surface area contributed by atoms with Gasteiger partial charge in [-0.25, -0.2) is 0 Å². The molecule has 1 aromatic carbocycles. The summed E-state index contributed by atoms with van der Waals surface area (Å²) >= 11 is 0. The van der Waals surface area contributed by atoms with Crippen molar-refractivity contribution in [3.8, 4) is 0 Å². The third kappa shape index (κ3) is 2.62. The van der Waals surface area contributed by atoms with Crippen molar-refractivity contribution in [2.45, 2.75) is 59.0 Å². The highest BCUT2D eigenvalue weighted by atomic mass is 16.3. The average molecular weight is 271 g/mol. The zero-order valence-corrected chi connectivity index (χ0v) is 12.8. The minimum Gasteiger partial charge on any atom is -0.461 e. The maximum Gasteiger partial charge on any atom is 0.134 e. The molecular formula is C18H25NO. The third-order valence-electron chi connectivity index (χ3n) is 4.64. The number of benzene rings is 1. The Kier molecular flexibility index (Phi) is 3.59. The molecule has 1 aliphatic carbocycles. The second kappa shape index (κ2) is 5.25.